The van der Waals surface area contributed by atoms with Gasteiger partial charge in [0.15, 0.2) is 0 Å². The summed E-state index contributed by atoms with van der Waals surface area (Å²) >= 11 is 0. The molecule has 3 nitrogen and oxygen atoms in total. The van der Waals surface area contributed by atoms with Gasteiger partial charge in [-0.25, -0.2) is 9.97 Å². The van der Waals surface area contributed by atoms with Crippen LogP contribution >= 0.6 is 0 Å². The average molecular weight is 428 g/mol. The van der Waals surface area contributed by atoms with Crippen molar-refractivity contribution in [1.82, 2.24) is 15.0 Å². The number of rotatable bonds is 0. The fourth-order valence-corrected chi connectivity index (χ4v) is 2.27. The highest BCUT2D eigenvalue weighted by atomic mass is 14.8. The van der Waals surface area contributed by atoms with Gasteiger partial charge in [0, 0.05) is 24.3 Å². The Morgan fingerprint density at radius 1 is 0.344 bits per heavy atom. The zero-order valence-electron chi connectivity index (χ0n) is 20.8. The van der Waals surface area contributed by atoms with Crippen molar-refractivity contribution in [3.05, 3.63) is 124 Å². The zero-order valence-corrected chi connectivity index (χ0v) is 20.8. The van der Waals surface area contributed by atoms with Gasteiger partial charge >= 0.3 is 0 Å². The van der Waals surface area contributed by atoms with E-state index >= 15 is 0 Å². The van der Waals surface area contributed by atoms with Crippen LogP contribution in [-0.2, 0) is 0 Å². The van der Waals surface area contributed by atoms with E-state index in [1.807, 2.05) is 52.4 Å². The molecule has 2 heterocycles. The summed E-state index contributed by atoms with van der Waals surface area (Å²) in [6.45, 7) is 16.3. The minimum atomic E-state index is 0.829. The first-order valence-corrected chi connectivity index (χ1v) is 10.9. The van der Waals surface area contributed by atoms with E-state index in [-0.39, 0.29) is 0 Å². The van der Waals surface area contributed by atoms with E-state index in [9.17, 15) is 0 Å². The van der Waals surface area contributed by atoms with Crippen molar-refractivity contribution in [1.29, 1.82) is 0 Å². The van der Waals surface area contributed by atoms with Gasteiger partial charge in [0.2, 0.25) is 0 Å². The Morgan fingerprint density at radius 3 is 0.906 bits per heavy atom. The molecule has 0 aliphatic rings. The molecule has 4 rings (SSSR count). The van der Waals surface area contributed by atoms with Crippen LogP contribution in [0.2, 0.25) is 0 Å². The fraction of sp³-hybridized carbons (Fsp3) is 0.276. The summed E-state index contributed by atoms with van der Waals surface area (Å²) in [5.41, 5.74) is 8.72. The van der Waals surface area contributed by atoms with Crippen molar-refractivity contribution in [3.8, 4) is 0 Å². The first-order chi connectivity index (χ1) is 15.2. The average Bonchev–Trinajstić information content (AvgIpc) is 2.78. The molecule has 0 aliphatic carbocycles. The van der Waals surface area contributed by atoms with E-state index in [4.69, 9.17) is 0 Å². The Hall–Kier alpha value is -3.33. The molecule has 3 heteroatoms. The third kappa shape index (κ3) is 13.1. The number of benzene rings is 2. The second kappa shape index (κ2) is 14.6. The molecular weight excluding hydrogens is 390 g/mol. The SMILES string of the molecule is Cc1ccc(C)cc1.Cc1ccc(C)cc1.Cc1ccc(C)nc1.Cc1cnc(C)nc1. The van der Waals surface area contributed by atoms with Crippen LogP contribution < -0.4 is 0 Å². The van der Waals surface area contributed by atoms with Gasteiger partial charge in [-0.2, -0.15) is 0 Å². The molecule has 0 spiro atoms. The Kier molecular flexibility index (Phi) is 12.2. The third-order valence-electron chi connectivity index (χ3n) is 4.41. The van der Waals surface area contributed by atoms with Crippen LogP contribution in [0.4, 0.5) is 0 Å². The molecule has 0 saturated heterocycles. The topological polar surface area (TPSA) is 38.7 Å². The highest BCUT2D eigenvalue weighted by Crippen LogP contribution is 2.00. The van der Waals surface area contributed by atoms with Crippen molar-refractivity contribution in [2.24, 2.45) is 0 Å². The Balaban J connectivity index is 0.000000213. The minimum Gasteiger partial charge on any atom is -0.261 e. The van der Waals surface area contributed by atoms with Crippen LogP contribution in [0.3, 0.4) is 0 Å². The summed E-state index contributed by atoms with van der Waals surface area (Å²) in [5, 5.41) is 0. The van der Waals surface area contributed by atoms with Gasteiger partial charge in [-0.05, 0) is 72.6 Å². The van der Waals surface area contributed by atoms with Gasteiger partial charge in [0.05, 0.1) is 0 Å². The highest BCUT2D eigenvalue weighted by Gasteiger charge is 1.83. The van der Waals surface area contributed by atoms with E-state index in [1.54, 1.807) is 0 Å². The Morgan fingerprint density at radius 2 is 0.656 bits per heavy atom. The number of nitrogens with zero attached hydrogens (tertiary/aromatic N) is 3. The number of hydrogen-bond donors (Lipinski definition) is 0. The maximum atomic E-state index is 4.08. The minimum absolute atomic E-state index is 0.829. The second-order valence-electron chi connectivity index (χ2n) is 8.09. The lowest BCUT2D eigenvalue weighted by molar-refractivity contribution is 1.03. The van der Waals surface area contributed by atoms with Crippen molar-refractivity contribution < 1.29 is 0 Å². The summed E-state index contributed by atoms with van der Waals surface area (Å²) < 4.78 is 0. The number of hydrogen-bond acceptors (Lipinski definition) is 3. The molecule has 2 aromatic carbocycles. The Bertz CT molecular complexity index is 744. The summed E-state index contributed by atoms with van der Waals surface area (Å²) in [6.07, 6.45) is 5.49. The first kappa shape index (κ1) is 26.7. The molecule has 0 amide bonds. The molecule has 0 unspecified atom stereocenters. The fourth-order valence-electron chi connectivity index (χ4n) is 2.27. The van der Waals surface area contributed by atoms with Crippen LogP contribution in [0.15, 0.2) is 79.3 Å². The van der Waals surface area contributed by atoms with E-state index < -0.39 is 0 Å². The van der Waals surface area contributed by atoms with Crippen LogP contribution in [0.1, 0.15) is 44.9 Å². The number of aromatic nitrogens is 3. The second-order valence-corrected chi connectivity index (χ2v) is 8.09. The van der Waals surface area contributed by atoms with Gasteiger partial charge in [-0.3, -0.25) is 4.98 Å². The predicted molar refractivity (Wildman–Crippen MR) is 137 cm³/mol. The molecule has 0 radical (unpaired) electrons. The van der Waals surface area contributed by atoms with Gasteiger partial charge in [0.1, 0.15) is 5.82 Å². The predicted octanol–water partition coefficient (Wildman–Crippen LogP) is 7.40. The summed E-state index contributed by atoms with van der Waals surface area (Å²) in [7, 11) is 0. The molecular formula is C29H37N3. The van der Waals surface area contributed by atoms with Crippen LogP contribution in [-0.4, -0.2) is 15.0 Å². The molecule has 0 N–H and O–H groups in total. The van der Waals surface area contributed by atoms with E-state index in [2.05, 4.69) is 97.2 Å². The lowest BCUT2D eigenvalue weighted by Crippen LogP contribution is -1.84. The zero-order chi connectivity index (χ0) is 23.9. The van der Waals surface area contributed by atoms with Crippen LogP contribution in [0.25, 0.3) is 0 Å². The molecule has 0 bridgehead atoms. The molecule has 0 atom stereocenters. The quantitative estimate of drug-likeness (QED) is 0.293. The van der Waals surface area contributed by atoms with Crippen molar-refractivity contribution in [2.75, 3.05) is 0 Å². The molecule has 0 aliphatic heterocycles. The van der Waals surface area contributed by atoms with Crippen molar-refractivity contribution in [2.45, 2.75) is 55.4 Å². The Labute approximate surface area is 194 Å². The first-order valence-electron chi connectivity index (χ1n) is 10.9. The van der Waals surface area contributed by atoms with Gasteiger partial charge < -0.3 is 0 Å². The molecule has 2 aromatic heterocycles. The summed E-state index contributed by atoms with van der Waals surface area (Å²) in [4.78, 5) is 12.0. The largest absolute Gasteiger partial charge is 0.261 e. The third-order valence-corrected chi connectivity index (χ3v) is 4.41. The van der Waals surface area contributed by atoms with Crippen LogP contribution in [0.5, 0.6) is 0 Å². The molecule has 0 saturated carbocycles. The van der Waals surface area contributed by atoms with Gasteiger partial charge in [-0.1, -0.05) is 76.9 Å². The standard InChI is InChI=1S/2C8H10.C7H9N.C6H8N2/c2*1-7-3-5-8(2)6-4-7;1-6-3-4-7(2)8-5-6;1-5-3-7-6(2)8-4-5/h2*3-6H,1-2H3;3-5H,1-2H3;3-4H,1-2H3. The molecule has 32 heavy (non-hydrogen) atoms. The van der Waals surface area contributed by atoms with Crippen molar-refractivity contribution >= 4 is 0 Å². The normalized spacial score (nSPS) is 9.25. The highest BCUT2D eigenvalue weighted by molar-refractivity contribution is 5.20. The van der Waals surface area contributed by atoms with Crippen LogP contribution in [0, 0.1) is 55.4 Å². The molecule has 168 valence electrons. The lowest BCUT2D eigenvalue weighted by atomic mass is 10.2. The van der Waals surface area contributed by atoms with E-state index in [1.165, 1.54) is 27.8 Å². The molecule has 0 fully saturated rings. The summed E-state index contributed by atoms with van der Waals surface area (Å²) in [6, 6.07) is 21.0. The monoisotopic (exact) mass is 427 g/mol. The van der Waals surface area contributed by atoms with Crippen molar-refractivity contribution in [3.63, 3.8) is 0 Å². The smallest absolute Gasteiger partial charge is 0.125 e. The number of pyridine rings is 1. The van der Waals surface area contributed by atoms with Gasteiger partial charge in [-0.15, -0.1) is 0 Å². The number of aryl methyl sites for hydroxylation is 8. The van der Waals surface area contributed by atoms with Gasteiger partial charge in [0.25, 0.3) is 0 Å². The summed E-state index contributed by atoms with van der Waals surface area (Å²) in [5.74, 6) is 0.829. The lowest BCUT2D eigenvalue weighted by Gasteiger charge is -1.90. The maximum Gasteiger partial charge on any atom is 0.125 e. The van der Waals surface area contributed by atoms with E-state index in [0.717, 1.165) is 17.1 Å². The molecule has 4 aromatic rings. The van der Waals surface area contributed by atoms with E-state index in [0.29, 0.717) is 0 Å². The maximum absolute atomic E-state index is 4.08.